The molecule has 0 aliphatic rings. The highest BCUT2D eigenvalue weighted by Crippen LogP contribution is 2.27. The zero-order valence-electron chi connectivity index (χ0n) is 13.6. The monoisotopic (exact) mass is 285 g/mol. The molecule has 2 aromatic rings. The molecule has 0 aliphatic heterocycles. The van der Waals surface area contributed by atoms with Gasteiger partial charge in [-0.1, -0.05) is 38.1 Å². The molecule has 1 aromatic heterocycles. The minimum absolute atomic E-state index is 0.309. The highest BCUT2D eigenvalue weighted by Gasteiger charge is 2.21. The molecule has 0 aliphatic carbocycles. The van der Waals surface area contributed by atoms with E-state index in [1.54, 1.807) is 0 Å². The predicted octanol–water partition coefficient (Wildman–Crippen LogP) is 4.06. The van der Waals surface area contributed by atoms with Crippen LogP contribution in [-0.2, 0) is 6.42 Å². The van der Waals surface area contributed by atoms with Gasteiger partial charge < -0.3 is 9.88 Å². The van der Waals surface area contributed by atoms with Crippen LogP contribution in [0.5, 0.6) is 0 Å². The number of benzene rings is 1. The van der Waals surface area contributed by atoms with Gasteiger partial charge in [0.25, 0.3) is 0 Å². The summed E-state index contributed by atoms with van der Waals surface area (Å²) in [6, 6.07) is 9.65. The van der Waals surface area contributed by atoms with Gasteiger partial charge in [-0.2, -0.15) is 0 Å². The summed E-state index contributed by atoms with van der Waals surface area (Å²) in [5.41, 5.74) is 2.74. The maximum absolute atomic E-state index is 4.36. The minimum atomic E-state index is 0.309. The number of imidazole rings is 1. The van der Waals surface area contributed by atoms with Gasteiger partial charge in [0.05, 0.1) is 12.1 Å². The third-order valence-corrected chi connectivity index (χ3v) is 4.14. The average molecular weight is 285 g/mol. The molecule has 0 spiro atoms. The largest absolute Gasteiger partial charge is 0.330 e. The molecule has 1 heterocycles. The fourth-order valence-corrected chi connectivity index (χ4v) is 2.81. The molecule has 0 saturated heterocycles. The van der Waals surface area contributed by atoms with E-state index in [1.807, 2.05) is 6.20 Å². The van der Waals surface area contributed by atoms with Crippen molar-refractivity contribution in [3.05, 3.63) is 53.6 Å². The molecule has 2 unspecified atom stereocenters. The van der Waals surface area contributed by atoms with Crippen LogP contribution in [0.25, 0.3) is 0 Å². The molecule has 0 radical (unpaired) electrons. The SMILES string of the molecule is CCCNC(c1ccc(CC)cc1)C(C)n1ccnc1C. The molecule has 3 heteroatoms. The lowest BCUT2D eigenvalue weighted by Crippen LogP contribution is -2.29. The number of nitrogens with one attached hydrogen (secondary N) is 1. The van der Waals surface area contributed by atoms with Crippen molar-refractivity contribution in [2.75, 3.05) is 6.54 Å². The van der Waals surface area contributed by atoms with E-state index in [0.717, 1.165) is 25.2 Å². The van der Waals surface area contributed by atoms with Crippen LogP contribution in [0.4, 0.5) is 0 Å². The van der Waals surface area contributed by atoms with E-state index in [2.05, 4.69) is 73.0 Å². The van der Waals surface area contributed by atoms with Crippen molar-refractivity contribution in [1.29, 1.82) is 0 Å². The fourth-order valence-electron chi connectivity index (χ4n) is 2.81. The second kappa shape index (κ2) is 7.41. The topological polar surface area (TPSA) is 29.9 Å². The smallest absolute Gasteiger partial charge is 0.105 e. The minimum Gasteiger partial charge on any atom is -0.330 e. The van der Waals surface area contributed by atoms with Crippen molar-refractivity contribution in [3.63, 3.8) is 0 Å². The molecular weight excluding hydrogens is 258 g/mol. The van der Waals surface area contributed by atoms with Gasteiger partial charge in [0.2, 0.25) is 0 Å². The first-order chi connectivity index (χ1) is 10.2. The Morgan fingerprint density at radius 2 is 1.90 bits per heavy atom. The van der Waals surface area contributed by atoms with Crippen LogP contribution in [0.1, 0.15) is 56.2 Å². The Hall–Kier alpha value is -1.61. The Bertz CT molecular complexity index is 542. The zero-order valence-corrected chi connectivity index (χ0v) is 13.6. The van der Waals surface area contributed by atoms with Crippen LogP contribution in [0.3, 0.4) is 0 Å². The van der Waals surface area contributed by atoms with Crippen molar-refractivity contribution < 1.29 is 0 Å². The molecule has 2 atom stereocenters. The summed E-state index contributed by atoms with van der Waals surface area (Å²) in [5, 5.41) is 3.69. The van der Waals surface area contributed by atoms with Crippen LogP contribution < -0.4 is 5.32 Å². The standard InChI is InChI=1S/C18H27N3/c1-5-11-20-18(14(3)21-13-12-19-15(21)4)17-9-7-16(6-2)8-10-17/h7-10,12-14,18,20H,5-6,11H2,1-4H3. The van der Waals surface area contributed by atoms with Gasteiger partial charge in [0.15, 0.2) is 0 Å². The van der Waals surface area contributed by atoms with Crippen LogP contribution in [0, 0.1) is 6.92 Å². The summed E-state index contributed by atoms with van der Waals surface area (Å²) in [7, 11) is 0. The van der Waals surface area contributed by atoms with E-state index in [0.29, 0.717) is 12.1 Å². The predicted molar refractivity (Wildman–Crippen MR) is 88.5 cm³/mol. The Morgan fingerprint density at radius 1 is 1.19 bits per heavy atom. The number of hydrogen-bond donors (Lipinski definition) is 1. The third kappa shape index (κ3) is 3.73. The molecular formula is C18H27N3. The van der Waals surface area contributed by atoms with Gasteiger partial charge in [-0.15, -0.1) is 0 Å². The number of aromatic nitrogens is 2. The van der Waals surface area contributed by atoms with Gasteiger partial charge in [-0.25, -0.2) is 4.98 Å². The molecule has 21 heavy (non-hydrogen) atoms. The number of hydrogen-bond acceptors (Lipinski definition) is 2. The van der Waals surface area contributed by atoms with Gasteiger partial charge in [0.1, 0.15) is 5.82 Å². The van der Waals surface area contributed by atoms with Crippen LogP contribution >= 0.6 is 0 Å². The summed E-state index contributed by atoms with van der Waals surface area (Å²) in [6.45, 7) is 9.75. The summed E-state index contributed by atoms with van der Waals surface area (Å²) >= 11 is 0. The molecule has 0 amide bonds. The van der Waals surface area contributed by atoms with Crippen LogP contribution in [0.2, 0.25) is 0 Å². The fraction of sp³-hybridized carbons (Fsp3) is 0.500. The quantitative estimate of drug-likeness (QED) is 0.831. The van der Waals surface area contributed by atoms with Gasteiger partial charge in [-0.3, -0.25) is 0 Å². The second-order valence-corrected chi connectivity index (χ2v) is 5.65. The van der Waals surface area contributed by atoms with Gasteiger partial charge in [-0.05, 0) is 44.4 Å². The molecule has 0 saturated carbocycles. The Labute approximate surface area is 128 Å². The lowest BCUT2D eigenvalue weighted by molar-refractivity contribution is 0.374. The molecule has 3 nitrogen and oxygen atoms in total. The van der Waals surface area contributed by atoms with E-state index >= 15 is 0 Å². The van der Waals surface area contributed by atoms with E-state index in [-0.39, 0.29) is 0 Å². The van der Waals surface area contributed by atoms with Crippen molar-refractivity contribution in [2.45, 2.75) is 52.6 Å². The average Bonchev–Trinajstić information content (AvgIpc) is 2.94. The van der Waals surface area contributed by atoms with E-state index in [9.17, 15) is 0 Å². The Kier molecular flexibility index (Phi) is 5.57. The normalized spacial score (nSPS) is 14.1. The maximum atomic E-state index is 4.36. The van der Waals surface area contributed by atoms with Gasteiger partial charge in [0, 0.05) is 12.4 Å². The second-order valence-electron chi connectivity index (χ2n) is 5.65. The first-order valence-corrected chi connectivity index (χ1v) is 7.99. The molecule has 0 fully saturated rings. The van der Waals surface area contributed by atoms with Crippen LogP contribution in [-0.4, -0.2) is 16.1 Å². The van der Waals surface area contributed by atoms with Crippen molar-refractivity contribution in [1.82, 2.24) is 14.9 Å². The van der Waals surface area contributed by atoms with E-state index in [1.165, 1.54) is 11.1 Å². The maximum Gasteiger partial charge on any atom is 0.105 e. The lowest BCUT2D eigenvalue weighted by Gasteiger charge is -2.28. The van der Waals surface area contributed by atoms with Gasteiger partial charge >= 0.3 is 0 Å². The summed E-state index contributed by atoms with van der Waals surface area (Å²) in [6.07, 6.45) is 6.17. The molecule has 1 aromatic carbocycles. The molecule has 0 bridgehead atoms. The Balaban J connectivity index is 2.26. The van der Waals surface area contributed by atoms with Crippen LogP contribution in [0.15, 0.2) is 36.7 Å². The van der Waals surface area contributed by atoms with Crippen molar-refractivity contribution in [3.8, 4) is 0 Å². The first-order valence-electron chi connectivity index (χ1n) is 7.99. The highest BCUT2D eigenvalue weighted by atomic mass is 15.1. The molecule has 1 N–H and O–H groups in total. The summed E-state index contributed by atoms with van der Waals surface area (Å²) in [4.78, 5) is 4.36. The highest BCUT2D eigenvalue weighted by molar-refractivity contribution is 5.26. The summed E-state index contributed by atoms with van der Waals surface area (Å²) in [5.74, 6) is 1.07. The third-order valence-electron chi connectivity index (χ3n) is 4.14. The number of rotatable bonds is 7. The summed E-state index contributed by atoms with van der Waals surface area (Å²) < 4.78 is 2.25. The van der Waals surface area contributed by atoms with Crippen molar-refractivity contribution >= 4 is 0 Å². The number of aryl methyl sites for hydroxylation is 2. The molecule has 2 rings (SSSR count). The van der Waals surface area contributed by atoms with E-state index < -0.39 is 0 Å². The van der Waals surface area contributed by atoms with E-state index in [4.69, 9.17) is 0 Å². The Morgan fingerprint density at radius 3 is 2.43 bits per heavy atom. The number of nitrogens with zero attached hydrogens (tertiary/aromatic N) is 2. The van der Waals surface area contributed by atoms with Crippen molar-refractivity contribution in [2.24, 2.45) is 0 Å². The first kappa shape index (κ1) is 15.8. The lowest BCUT2D eigenvalue weighted by atomic mass is 9.98. The zero-order chi connectivity index (χ0) is 15.2. The molecule has 114 valence electrons.